The van der Waals surface area contributed by atoms with Gasteiger partial charge in [0, 0.05) is 5.92 Å². The van der Waals surface area contributed by atoms with Crippen molar-refractivity contribution in [3.63, 3.8) is 0 Å². The number of hydrogen-bond donors (Lipinski definition) is 6. The number of hydrogen-bond acceptors (Lipinski definition) is 8. The summed E-state index contributed by atoms with van der Waals surface area (Å²) in [5, 5.41) is 44.0. The van der Waals surface area contributed by atoms with Crippen LogP contribution in [-0.4, -0.2) is 82.3 Å². The van der Waals surface area contributed by atoms with E-state index in [1.54, 1.807) is 0 Å². The zero-order valence-corrected chi connectivity index (χ0v) is 18.5. The van der Waals surface area contributed by atoms with E-state index in [0.29, 0.717) is 0 Å². The van der Waals surface area contributed by atoms with E-state index < -0.39 is 55.3 Å². The predicted octanol–water partition coefficient (Wildman–Crippen LogP) is -0.170. The van der Waals surface area contributed by atoms with Gasteiger partial charge in [-0.05, 0) is 29.2 Å². The molecule has 2 aromatic carbocycles. The van der Waals surface area contributed by atoms with Gasteiger partial charge >= 0.3 is 6.09 Å². The minimum Gasteiger partial charge on any atom is -0.449 e. The van der Waals surface area contributed by atoms with Gasteiger partial charge in [0.25, 0.3) is 0 Å². The number of aliphatic hydroxyl groups is 4. The fourth-order valence-electron chi connectivity index (χ4n) is 4.42. The Balaban J connectivity index is 1.33. The van der Waals surface area contributed by atoms with Crippen molar-refractivity contribution in [3.8, 4) is 11.1 Å². The van der Waals surface area contributed by atoms with Crippen LogP contribution < -0.4 is 10.6 Å². The molecule has 1 saturated heterocycles. The van der Waals surface area contributed by atoms with Gasteiger partial charge < -0.3 is 40.5 Å². The Kier molecular flexibility index (Phi) is 7.15. The summed E-state index contributed by atoms with van der Waals surface area (Å²) in [5.74, 6) is -0.859. The lowest BCUT2D eigenvalue weighted by Crippen LogP contribution is -2.65. The van der Waals surface area contributed by atoms with Crippen molar-refractivity contribution in [1.29, 1.82) is 0 Å². The molecule has 1 aliphatic carbocycles. The fourth-order valence-corrected chi connectivity index (χ4v) is 4.42. The molecule has 0 spiro atoms. The maximum absolute atomic E-state index is 12.5. The van der Waals surface area contributed by atoms with Gasteiger partial charge in [-0.2, -0.15) is 0 Å². The molecular weight excluding hydrogens is 444 g/mol. The summed E-state index contributed by atoms with van der Waals surface area (Å²) < 4.78 is 10.4. The second-order valence-corrected chi connectivity index (χ2v) is 8.45. The van der Waals surface area contributed by atoms with Crippen LogP contribution in [0, 0.1) is 0 Å². The molecule has 0 aromatic heterocycles. The Morgan fingerprint density at radius 3 is 2.18 bits per heavy atom. The van der Waals surface area contributed by atoms with Crippen LogP contribution in [0.15, 0.2) is 48.5 Å². The number of benzene rings is 2. The normalized spacial score (nSPS) is 26.8. The molecule has 2 aliphatic rings. The lowest BCUT2D eigenvalue weighted by molar-refractivity contribution is -0.253. The maximum Gasteiger partial charge on any atom is 0.407 e. The van der Waals surface area contributed by atoms with E-state index >= 15 is 0 Å². The van der Waals surface area contributed by atoms with Crippen LogP contribution in [0.5, 0.6) is 0 Å². The summed E-state index contributed by atoms with van der Waals surface area (Å²) in [5.41, 5.74) is 4.30. The van der Waals surface area contributed by atoms with E-state index in [9.17, 15) is 24.9 Å². The third kappa shape index (κ3) is 4.63. The summed E-state index contributed by atoms with van der Waals surface area (Å²) >= 11 is 0. The molecule has 1 fully saturated rings. The van der Waals surface area contributed by atoms with Gasteiger partial charge in [0.1, 0.15) is 37.0 Å². The van der Waals surface area contributed by atoms with Crippen molar-refractivity contribution in [2.24, 2.45) is 0 Å². The number of fused-ring (bicyclic) bond motifs is 3. The van der Waals surface area contributed by atoms with Crippen LogP contribution >= 0.6 is 0 Å². The highest BCUT2D eigenvalue weighted by Crippen LogP contribution is 2.44. The SMILES string of the molecule is C[C@H](NC(=O)OCC1c2ccccc2-c2ccccc21)C(=O)N[C@H]1C(O)O[C@H](CO)[C@@H](O)[C@@H]1O. The monoisotopic (exact) mass is 472 g/mol. The third-order valence-corrected chi connectivity index (χ3v) is 6.28. The first-order valence-electron chi connectivity index (χ1n) is 11.0. The first kappa shape index (κ1) is 24.1. The van der Waals surface area contributed by atoms with Gasteiger partial charge in [-0.3, -0.25) is 4.79 Å². The van der Waals surface area contributed by atoms with Crippen molar-refractivity contribution in [3.05, 3.63) is 59.7 Å². The number of aliphatic hydroxyl groups excluding tert-OH is 4. The largest absolute Gasteiger partial charge is 0.449 e. The highest BCUT2D eigenvalue weighted by molar-refractivity contribution is 5.85. The molecular formula is C24H28N2O8. The molecule has 4 rings (SSSR count). The second kappa shape index (κ2) is 10.1. The molecule has 10 nitrogen and oxygen atoms in total. The van der Waals surface area contributed by atoms with E-state index in [0.717, 1.165) is 22.3 Å². The van der Waals surface area contributed by atoms with Crippen molar-refractivity contribution >= 4 is 12.0 Å². The Morgan fingerprint density at radius 1 is 1.00 bits per heavy atom. The average Bonchev–Trinajstić information content (AvgIpc) is 3.16. The lowest BCUT2D eigenvalue weighted by atomic mass is 9.97. The molecule has 0 bridgehead atoms. The number of ether oxygens (including phenoxy) is 2. The van der Waals surface area contributed by atoms with Crippen LogP contribution in [0.1, 0.15) is 24.0 Å². The Hall–Kier alpha value is -3.02. The van der Waals surface area contributed by atoms with E-state index in [-0.39, 0.29) is 12.5 Å². The zero-order chi connectivity index (χ0) is 24.4. The molecule has 1 heterocycles. The molecule has 0 radical (unpaired) electrons. The highest BCUT2D eigenvalue weighted by atomic mass is 16.6. The summed E-state index contributed by atoms with van der Waals surface area (Å²) in [6.07, 6.45) is -6.72. The van der Waals surface area contributed by atoms with Gasteiger partial charge in [-0.1, -0.05) is 48.5 Å². The number of amides is 2. The van der Waals surface area contributed by atoms with Gasteiger partial charge in [-0.25, -0.2) is 4.79 Å². The lowest BCUT2D eigenvalue weighted by Gasteiger charge is -2.40. The van der Waals surface area contributed by atoms with E-state index in [1.807, 2.05) is 48.5 Å². The smallest absolute Gasteiger partial charge is 0.407 e. The molecule has 1 unspecified atom stereocenters. The molecule has 1 aliphatic heterocycles. The zero-order valence-electron chi connectivity index (χ0n) is 18.5. The predicted molar refractivity (Wildman–Crippen MR) is 120 cm³/mol. The quantitative estimate of drug-likeness (QED) is 0.338. The van der Waals surface area contributed by atoms with Gasteiger partial charge in [0.2, 0.25) is 5.91 Å². The Morgan fingerprint density at radius 2 is 1.59 bits per heavy atom. The van der Waals surface area contributed by atoms with Crippen LogP contribution in [0.3, 0.4) is 0 Å². The van der Waals surface area contributed by atoms with Crippen molar-refractivity contribution < 1.29 is 39.5 Å². The first-order chi connectivity index (χ1) is 16.3. The third-order valence-electron chi connectivity index (χ3n) is 6.28. The fraction of sp³-hybridized carbons (Fsp3) is 0.417. The molecule has 2 amide bonds. The van der Waals surface area contributed by atoms with Gasteiger partial charge in [0.15, 0.2) is 6.29 Å². The summed E-state index contributed by atoms with van der Waals surface area (Å²) in [6, 6.07) is 13.4. The molecule has 34 heavy (non-hydrogen) atoms. The van der Waals surface area contributed by atoms with Crippen LogP contribution in [0.25, 0.3) is 11.1 Å². The number of carbonyl (C=O) groups is 2. The number of rotatable bonds is 6. The minimum atomic E-state index is -1.65. The van der Waals surface area contributed by atoms with E-state index in [1.165, 1.54) is 6.92 Å². The summed E-state index contributed by atoms with van der Waals surface area (Å²) in [6.45, 7) is 0.874. The number of alkyl carbamates (subject to hydrolysis) is 1. The van der Waals surface area contributed by atoms with Gasteiger partial charge in [-0.15, -0.1) is 0 Å². The molecule has 6 atom stereocenters. The molecule has 10 heteroatoms. The van der Waals surface area contributed by atoms with E-state index in [4.69, 9.17) is 14.6 Å². The average molecular weight is 472 g/mol. The first-order valence-corrected chi connectivity index (χ1v) is 11.0. The number of carbonyl (C=O) groups excluding carboxylic acids is 2. The summed E-state index contributed by atoms with van der Waals surface area (Å²) in [7, 11) is 0. The highest BCUT2D eigenvalue weighted by Gasteiger charge is 2.44. The Labute approximate surface area is 196 Å². The minimum absolute atomic E-state index is 0.0802. The van der Waals surface area contributed by atoms with Crippen molar-refractivity contribution in [1.82, 2.24) is 10.6 Å². The van der Waals surface area contributed by atoms with Crippen LogP contribution in [0.4, 0.5) is 4.79 Å². The maximum atomic E-state index is 12.5. The van der Waals surface area contributed by atoms with Crippen LogP contribution in [-0.2, 0) is 14.3 Å². The van der Waals surface area contributed by atoms with Crippen LogP contribution in [0.2, 0.25) is 0 Å². The van der Waals surface area contributed by atoms with Gasteiger partial charge in [0.05, 0.1) is 6.61 Å². The molecule has 0 saturated carbocycles. The second-order valence-electron chi connectivity index (χ2n) is 8.45. The Bertz CT molecular complexity index is 1000. The standard InChI is InChI=1S/C24H28N2O8/c1-12(22(30)26-19-21(29)20(28)18(10-27)34-23(19)31)25-24(32)33-11-17-15-8-4-2-6-13(15)14-7-3-5-9-16(14)17/h2-9,12,17-21,23,27-29,31H,10-11H2,1H3,(H,25,32)(H,26,30)/t12-,18+,19+,20+,21+,23?/m0/s1. The molecule has 6 N–H and O–H groups in total. The summed E-state index contributed by atoms with van der Waals surface area (Å²) in [4.78, 5) is 24.9. The van der Waals surface area contributed by atoms with Crippen molar-refractivity contribution in [2.75, 3.05) is 13.2 Å². The van der Waals surface area contributed by atoms with Crippen molar-refractivity contribution in [2.45, 2.75) is 49.5 Å². The molecule has 2 aromatic rings. The number of nitrogens with one attached hydrogen (secondary N) is 2. The van der Waals surface area contributed by atoms with E-state index in [2.05, 4.69) is 10.6 Å². The topological polar surface area (TPSA) is 158 Å². The molecule has 182 valence electrons.